The van der Waals surface area contributed by atoms with Crippen LogP contribution in [0.2, 0.25) is 0 Å². The van der Waals surface area contributed by atoms with Crippen LogP contribution in [-0.4, -0.2) is 5.97 Å². The van der Waals surface area contributed by atoms with Crippen molar-refractivity contribution in [2.24, 2.45) is 0 Å². The van der Waals surface area contributed by atoms with Crippen LogP contribution in [0.4, 0.5) is 0 Å². The van der Waals surface area contributed by atoms with Crippen molar-refractivity contribution in [1.82, 2.24) is 0 Å². The zero-order valence-corrected chi connectivity index (χ0v) is 12.1. The summed E-state index contributed by atoms with van der Waals surface area (Å²) >= 11 is 0. The molecule has 0 spiro atoms. The first-order valence-electron chi connectivity index (χ1n) is 7.19. The van der Waals surface area contributed by atoms with Crippen LogP contribution in [0.25, 0.3) is 11.1 Å². The topological polar surface area (TPSA) is 26.3 Å². The van der Waals surface area contributed by atoms with Gasteiger partial charge < -0.3 is 4.74 Å². The summed E-state index contributed by atoms with van der Waals surface area (Å²) < 4.78 is 5.32. The van der Waals surface area contributed by atoms with Gasteiger partial charge in [0.05, 0.1) is 5.56 Å². The smallest absolute Gasteiger partial charge is 0.338 e. The fourth-order valence-corrected chi connectivity index (χ4v) is 2.24. The number of carbonyl (C=O) groups is 1. The Bertz CT molecular complexity index is 732. The van der Waals surface area contributed by atoms with Gasteiger partial charge in [-0.05, 0) is 28.8 Å². The average Bonchev–Trinajstić information content (AvgIpc) is 2.61. The highest BCUT2D eigenvalue weighted by Crippen LogP contribution is 2.19. The Labute approximate surface area is 130 Å². The monoisotopic (exact) mass is 288 g/mol. The molecule has 0 unspecified atom stereocenters. The Balaban J connectivity index is 1.66. The van der Waals surface area contributed by atoms with E-state index in [4.69, 9.17) is 4.74 Å². The Hall–Kier alpha value is -2.87. The molecule has 22 heavy (non-hydrogen) atoms. The van der Waals surface area contributed by atoms with Crippen molar-refractivity contribution in [2.75, 3.05) is 0 Å². The van der Waals surface area contributed by atoms with Gasteiger partial charge >= 0.3 is 5.97 Å². The summed E-state index contributed by atoms with van der Waals surface area (Å²) in [5, 5.41) is 0. The molecule has 0 bridgehead atoms. The fourth-order valence-electron chi connectivity index (χ4n) is 2.24. The molecule has 0 amide bonds. The highest BCUT2D eigenvalue weighted by molar-refractivity contribution is 5.90. The zero-order chi connectivity index (χ0) is 15.2. The van der Waals surface area contributed by atoms with E-state index in [1.807, 2.05) is 72.8 Å². The van der Waals surface area contributed by atoms with Crippen molar-refractivity contribution in [2.45, 2.75) is 6.61 Å². The maximum Gasteiger partial charge on any atom is 0.338 e. The lowest BCUT2D eigenvalue weighted by Crippen LogP contribution is -2.04. The van der Waals surface area contributed by atoms with Gasteiger partial charge in [-0.1, -0.05) is 72.8 Å². The molecule has 0 aliphatic rings. The van der Waals surface area contributed by atoms with Gasteiger partial charge in [-0.15, -0.1) is 0 Å². The molecule has 0 heterocycles. The molecule has 0 aromatic heterocycles. The number of hydrogen-bond acceptors (Lipinski definition) is 2. The van der Waals surface area contributed by atoms with E-state index in [9.17, 15) is 4.79 Å². The SMILES string of the molecule is O=C(OCc1ccccc1)c1ccc(-c2ccccc2)cc1. The van der Waals surface area contributed by atoms with Crippen molar-refractivity contribution >= 4 is 5.97 Å². The van der Waals surface area contributed by atoms with E-state index in [0.29, 0.717) is 12.2 Å². The second kappa shape index (κ2) is 6.72. The highest BCUT2D eigenvalue weighted by atomic mass is 16.5. The second-order valence-electron chi connectivity index (χ2n) is 5.01. The Morgan fingerprint density at radius 1 is 0.682 bits per heavy atom. The number of rotatable bonds is 4. The molecule has 2 nitrogen and oxygen atoms in total. The molecule has 3 rings (SSSR count). The van der Waals surface area contributed by atoms with Gasteiger partial charge in [0.2, 0.25) is 0 Å². The lowest BCUT2D eigenvalue weighted by atomic mass is 10.0. The summed E-state index contributed by atoms with van der Waals surface area (Å²) in [6.45, 7) is 0.292. The van der Waals surface area contributed by atoms with Gasteiger partial charge in [-0.3, -0.25) is 0 Å². The van der Waals surface area contributed by atoms with Crippen LogP contribution in [0, 0.1) is 0 Å². The number of ether oxygens (including phenoxy) is 1. The fraction of sp³-hybridized carbons (Fsp3) is 0.0500. The van der Waals surface area contributed by atoms with Gasteiger partial charge in [0.25, 0.3) is 0 Å². The molecule has 0 saturated heterocycles. The first-order valence-corrected chi connectivity index (χ1v) is 7.19. The van der Waals surface area contributed by atoms with Crippen molar-refractivity contribution < 1.29 is 9.53 Å². The molecule has 0 fully saturated rings. The van der Waals surface area contributed by atoms with Crippen LogP contribution in [0.5, 0.6) is 0 Å². The minimum absolute atomic E-state index is 0.292. The number of carbonyl (C=O) groups excluding carboxylic acids is 1. The van der Waals surface area contributed by atoms with E-state index in [1.54, 1.807) is 12.1 Å². The molecule has 3 aromatic rings. The van der Waals surface area contributed by atoms with E-state index < -0.39 is 0 Å². The quantitative estimate of drug-likeness (QED) is 0.650. The third-order valence-electron chi connectivity index (χ3n) is 3.44. The average molecular weight is 288 g/mol. The van der Waals surface area contributed by atoms with Crippen molar-refractivity contribution in [3.63, 3.8) is 0 Å². The number of esters is 1. The Morgan fingerprint density at radius 2 is 1.23 bits per heavy atom. The number of hydrogen-bond donors (Lipinski definition) is 0. The largest absolute Gasteiger partial charge is 0.457 e. The maximum absolute atomic E-state index is 12.0. The lowest BCUT2D eigenvalue weighted by Gasteiger charge is -2.06. The first-order chi connectivity index (χ1) is 10.8. The van der Waals surface area contributed by atoms with Crippen molar-refractivity contribution in [3.05, 3.63) is 96.1 Å². The number of benzene rings is 3. The molecule has 0 radical (unpaired) electrons. The first kappa shape index (κ1) is 14.1. The van der Waals surface area contributed by atoms with Crippen molar-refractivity contribution in [1.29, 1.82) is 0 Å². The van der Waals surface area contributed by atoms with E-state index in [0.717, 1.165) is 16.7 Å². The van der Waals surface area contributed by atoms with Crippen LogP contribution in [0.1, 0.15) is 15.9 Å². The minimum Gasteiger partial charge on any atom is -0.457 e. The zero-order valence-electron chi connectivity index (χ0n) is 12.1. The van der Waals surface area contributed by atoms with Crippen LogP contribution < -0.4 is 0 Å². The van der Waals surface area contributed by atoms with E-state index in [1.165, 1.54) is 0 Å². The van der Waals surface area contributed by atoms with Gasteiger partial charge in [0.1, 0.15) is 6.61 Å². The van der Waals surface area contributed by atoms with Gasteiger partial charge in [0.15, 0.2) is 0 Å². The Morgan fingerprint density at radius 3 is 1.86 bits per heavy atom. The molecule has 0 atom stereocenters. The molecule has 2 heteroatoms. The summed E-state index contributed by atoms with van der Waals surface area (Å²) in [6, 6.07) is 27.2. The summed E-state index contributed by atoms with van der Waals surface area (Å²) in [4.78, 5) is 12.0. The molecular weight excluding hydrogens is 272 g/mol. The second-order valence-corrected chi connectivity index (χ2v) is 5.01. The standard InChI is InChI=1S/C20H16O2/c21-20(22-15-16-7-3-1-4-8-16)19-13-11-18(12-14-19)17-9-5-2-6-10-17/h1-14H,15H2. The van der Waals surface area contributed by atoms with E-state index in [-0.39, 0.29) is 5.97 Å². The van der Waals surface area contributed by atoms with Crippen LogP contribution in [0.3, 0.4) is 0 Å². The Kier molecular flexibility index (Phi) is 4.30. The van der Waals surface area contributed by atoms with Gasteiger partial charge in [-0.25, -0.2) is 4.79 Å². The molecule has 108 valence electrons. The van der Waals surface area contributed by atoms with E-state index >= 15 is 0 Å². The van der Waals surface area contributed by atoms with Crippen molar-refractivity contribution in [3.8, 4) is 11.1 Å². The molecule has 0 saturated carbocycles. The van der Waals surface area contributed by atoms with Crippen LogP contribution >= 0.6 is 0 Å². The normalized spacial score (nSPS) is 10.2. The minimum atomic E-state index is -0.302. The summed E-state index contributed by atoms with van der Waals surface area (Å²) in [5.74, 6) is -0.302. The van der Waals surface area contributed by atoms with Crippen LogP contribution in [0.15, 0.2) is 84.9 Å². The van der Waals surface area contributed by atoms with E-state index in [2.05, 4.69) is 0 Å². The summed E-state index contributed by atoms with van der Waals surface area (Å²) in [6.07, 6.45) is 0. The molecule has 3 aromatic carbocycles. The molecule has 0 aliphatic heterocycles. The van der Waals surface area contributed by atoms with Gasteiger partial charge in [-0.2, -0.15) is 0 Å². The predicted molar refractivity (Wildman–Crippen MR) is 87.4 cm³/mol. The maximum atomic E-state index is 12.0. The molecule has 0 N–H and O–H groups in total. The summed E-state index contributed by atoms with van der Waals surface area (Å²) in [5.41, 5.74) is 3.76. The van der Waals surface area contributed by atoms with Gasteiger partial charge in [0, 0.05) is 0 Å². The summed E-state index contributed by atoms with van der Waals surface area (Å²) in [7, 11) is 0. The predicted octanol–water partition coefficient (Wildman–Crippen LogP) is 4.71. The molecule has 0 aliphatic carbocycles. The highest BCUT2D eigenvalue weighted by Gasteiger charge is 2.07. The third kappa shape index (κ3) is 3.41. The van der Waals surface area contributed by atoms with Crippen LogP contribution in [-0.2, 0) is 11.3 Å². The lowest BCUT2D eigenvalue weighted by molar-refractivity contribution is 0.0473. The third-order valence-corrected chi connectivity index (χ3v) is 3.44. The molecular formula is C20H16O2.